The van der Waals surface area contributed by atoms with Gasteiger partial charge in [0.1, 0.15) is 0 Å². The normalized spacial score (nSPS) is 12.9. The topological polar surface area (TPSA) is 26.3 Å². The lowest BCUT2D eigenvalue weighted by atomic mass is 10.1. The minimum Gasteiger partial charge on any atom is -0.463 e. The summed E-state index contributed by atoms with van der Waals surface area (Å²) in [4.78, 5) is 11.4. The summed E-state index contributed by atoms with van der Waals surface area (Å²) in [7, 11) is 0. The zero-order valence-electron chi connectivity index (χ0n) is 10.7. The lowest BCUT2D eigenvalue weighted by molar-refractivity contribution is -0.149. The maximum absolute atomic E-state index is 11.4. The smallest absolute Gasteiger partial charge is 0.306 e. The van der Waals surface area contributed by atoms with Gasteiger partial charge in [-0.05, 0) is 25.7 Å². The molecule has 2 nitrogen and oxygen atoms in total. The minimum atomic E-state index is -0.0285. The first-order chi connectivity index (χ1) is 7.06. The standard InChI is InChI=1S/C13H26O2/c1-5-6-7-8-9-13(14)15-12(4)10-11(2)3/h11-12H,5-10H2,1-4H3/t12-/m1/s1. The number of hydrogen-bond acceptors (Lipinski definition) is 2. The van der Waals surface area contributed by atoms with E-state index in [1.165, 1.54) is 12.8 Å². The Morgan fingerprint density at radius 1 is 1.13 bits per heavy atom. The monoisotopic (exact) mass is 214 g/mol. The molecule has 0 aromatic carbocycles. The second-order valence-corrected chi connectivity index (χ2v) is 4.74. The highest BCUT2D eigenvalue weighted by molar-refractivity contribution is 5.69. The van der Waals surface area contributed by atoms with Crippen LogP contribution < -0.4 is 0 Å². The van der Waals surface area contributed by atoms with Gasteiger partial charge in [0.05, 0.1) is 6.10 Å². The van der Waals surface area contributed by atoms with E-state index in [1.54, 1.807) is 0 Å². The summed E-state index contributed by atoms with van der Waals surface area (Å²) in [5, 5.41) is 0. The van der Waals surface area contributed by atoms with Crippen LogP contribution in [0.3, 0.4) is 0 Å². The maximum Gasteiger partial charge on any atom is 0.306 e. The van der Waals surface area contributed by atoms with E-state index in [-0.39, 0.29) is 12.1 Å². The van der Waals surface area contributed by atoms with E-state index in [4.69, 9.17) is 4.74 Å². The highest BCUT2D eigenvalue weighted by Crippen LogP contribution is 2.10. The third-order valence-corrected chi connectivity index (χ3v) is 2.37. The molecule has 0 spiro atoms. The van der Waals surface area contributed by atoms with Crippen molar-refractivity contribution >= 4 is 5.97 Å². The lowest BCUT2D eigenvalue weighted by Gasteiger charge is -2.15. The van der Waals surface area contributed by atoms with Crippen LogP contribution in [-0.2, 0) is 9.53 Å². The van der Waals surface area contributed by atoms with Gasteiger partial charge in [-0.1, -0.05) is 40.0 Å². The Kier molecular flexibility index (Phi) is 8.44. The van der Waals surface area contributed by atoms with Gasteiger partial charge >= 0.3 is 5.97 Å². The molecule has 0 radical (unpaired) electrons. The van der Waals surface area contributed by atoms with E-state index in [1.807, 2.05) is 6.92 Å². The quantitative estimate of drug-likeness (QED) is 0.452. The van der Waals surface area contributed by atoms with Crippen LogP contribution in [0.2, 0.25) is 0 Å². The van der Waals surface area contributed by atoms with E-state index in [2.05, 4.69) is 20.8 Å². The third-order valence-electron chi connectivity index (χ3n) is 2.37. The third kappa shape index (κ3) is 9.77. The number of hydrogen-bond donors (Lipinski definition) is 0. The van der Waals surface area contributed by atoms with Gasteiger partial charge in [0.25, 0.3) is 0 Å². The molecule has 15 heavy (non-hydrogen) atoms. The highest BCUT2D eigenvalue weighted by atomic mass is 16.5. The average molecular weight is 214 g/mol. The molecule has 0 fully saturated rings. The molecule has 0 saturated carbocycles. The zero-order chi connectivity index (χ0) is 11.7. The Bertz CT molecular complexity index is 164. The molecule has 0 rings (SSSR count). The predicted octanol–water partition coefficient (Wildman–Crippen LogP) is 3.93. The second kappa shape index (κ2) is 8.75. The van der Waals surface area contributed by atoms with Gasteiger partial charge in [0.15, 0.2) is 0 Å². The summed E-state index contributed by atoms with van der Waals surface area (Å²) in [6.45, 7) is 8.43. The molecule has 0 aromatic rings. The van der Waals surface area contributed by atoms with E-state index in [0.29, 0.717) is 12.3 Å². The van der Waals surface area contributed by atoms with Gasteiger partial charge in [-0.15, -0.1) is 0 Å². The molecule has 0 heterocycles. The Balaban J connectivity index is 3.47. The molecule has 0 aliphatic heterocycles. The fourth-order valence-electron chi connectivity index (χ4n) is 1.69. The van der Waals surface area contributed by atoms with Crippen LogP contribution in [0.15, 0.2) is 0 Å². The van der Waals surface area contributed by atoms with E-state index in [9.17, 15) is 4.79 Å². The Labute approximate surface area is 94.4 Å². The Morgan fingerprint density at radius 2 is 1.80 bits per heavy atom. The molecule has 0 unspecified atom stereocenters. The van der Waals surface area contributed by atoms with Crippen molar-refractivity contribution in [3.63, 3.8) is 0 Å². The summed E-state index contributed by atoms with van der Waals surface area (Å²) in [5.41, 5.74) is 0. The van der Waals surface area contributed by atoms with E-state index in [0.717, 1.165) is 19.3 Å². The number of carbonyl (C=O) groups is 1. The van der Waals surface area contributed by atoms with Gasteiger partial charge in [0, 0.05) is 6.42 Å². The van der Waals surface area contributed by atoms with Crippen molar-refractivity contribution in [2.24, 2.45) is 5.92 Å². The van der Waals surface area contributed by atoms with Crippen LogP contribution in [-0.4, -0.2) is 12.1 Å². The predicted molar refractivity (Wildman–Crippen MR) is 63.8 cm³/mol. The SMILES string of the molecule is CCCCCCC(=O)O[C@H](C)CC(C)C. The number of esters is 1. The molecule has 0 saturated heterocycles. The summed E-state index contributed by atoms with van der Waals surface area (Å²) in [6, 6.07) is 0. The fraction of sp³-hybridized carbons (Fsp3) is 0.923. The highest BCUT2D eigenvalue weighted by Gasteiger charge is 2.10. The summed E-state index contributed by atoms with van der Waals surface area (Å²) in [6.07, 6.45) is 6.16. The van der Waals surface area contributed by atoms with Crippen LogP contribution in [0.1, 0.15) is 66.2 Å². The average Bonchev–Trinajstić information content (AvgIpc) is 2.10. The largest absolute Gasteiger partial charge is 0.463 e. The number of ether oxygens (including phenoxy) is 1. The summed E-state index contributed by atoms with van der Waals surface area (Å²) >= 11 is 0. The van der Waals surface area contributed by atoms with E-state index < -0.39 is 0 Å². The van der Waals surface area contributed by atoms with Gasteiger partial charge < -0.3 is 4.74 Å². The van der Waals surface area contributed by atoms with Crippen molar-refractivity contribution < 1.29 is 9.53 Å². The molecule has 90 valence electrons. The molecule has 0 N–H and O–H groups in total. The maximum atomic E-state index is 11.4. The summed E-state index contributed by atoms with van der Waals surface area (Å²) in [5.74, 6) is 0.562. The minimum absolute atomic E-state index is 0.0285. The molecule has 0 amide bonds. The first kappa shape index (κ1) is 14.5. The lowest BCUT2D eigenvalue weighted by Crippen LogP contribution is -2.16. The van der Waals surface area contributed by atoms with Crippen LogP contribution >= 0.6 is 0 Å². The Hall–Kier alpha value is -0.530. The van der Waals surface area contributed by atoms with Gasteiger partial charge in [0.2, 0.25) is 0 Å². The van der Waals surface area contributed by atoms with Crippen molar-refractivity contribution in [2.75, 3.05) is 0 Å². The van der Waals surface area contributed by atoms with Crippen LogP contribution in [0.5, 0.6) is 0 Å². The molecule has 0 aromatic heterocycles. The first-order valence-electron chi connectivity index (χ1n) is 6.25. The molecule has 1 atom stereocenters. The second-order valence-electron chi connectivity index (χ2n) is 4.74. The van der Waals surface area contributed by atoms with Crippen molar-refractivity contribution in [1.29, 1.82) is 0 Å². The number of carbonyl (C=O) groups excluding carboxylic acids is 1. The summed E-state index contributed by atoms with van der Waals surface area (Å²) < 4.78 is 5.30. The molecule has 0 bridgehead atoms. The van der Waals surface area contributed by atoms with E-state index >= 15 is 0 Å². The molecular formula is C13H26O2. The van der Waals surface area contributed by atoms with Crippen LogP contribution in [0, 0.1) is 5.92 Å². The van der Waals surface area contributed by atoms with Crippen molar-refractivity contribution in [3.8, 4) is 0 Å². The van der Waals surface area contributed by atoms with Crippen molar-refractivity contribution in [1.82, 2.24) is 0 Å². The van der Waals surface area contributed by atoms with Crippen molar-refractivity contribution in [3.05, 3.63) is 0 Å². The van der Waals surface area contributed by atoms with Gasteiger partial charge in [-0.25, -0.2) is 0 Å². The van der Waals surface area contributed by atoms with Gasteiger partial charge in [-0.3, -0.25) is 4.79 Å². The molecular weight excluding hydrogens is 188 g/mol. The van der Waals surface area contributed by atoms with Crippen LogP contribution in [0.4, 0.5) is 0 Å². The van der Waals surface area contributed by atoms with Crippen molar-refractivity contribution in [2.45, 2.75) is 72.3 Å². The first-order valence-corrected chi connectivity index (χ1v) is 6.25. The number of rotatable bonds is 8. The molecule has 0 aliphatic rings. The molecule has 0 aliphatic carbocycles. The Morgan fingerprint density at radius 3 is 2.33 bits per heavy atom. The van der Waals surface area contributed by atoms with Gasteiger partial charge in [-0.2, -0.15) is 0 Å². The number of unbranched alkanes of at least 4 members (excludes halogenated alkanes) is 3. The zero-order valence-corrected chi connectivity index (χ0v) is 10.7. The molecule has 2 heteroatoms. The fourth-order valence-corrected chi connectivity index (χ4v) is 1.69. The van der Waals surface area contributed by atoms with Crippen LogP contribution in [0.25, 0.3) is 0 Å².